The van der Waals surface area contributed by atoms with Crippen LogP contribution in [0.4, 0.5) is 26.3 Å². The van der Waals surface area contributed by atoms with Gasteiger partial charge in [-0.05, 0) is 67.6 Å². The Labute approximate surface area is 203 Å². The summed E-state index contributed by atoms with van der Waals surface area (Å²) in [6, 6.07) is 13.2. The lowest BCUT2D eigenvalue weighted by atomic mass is 10.1. The molecule has 2 aromatic rings. The van der Waals surface area contributed by atoms with Crippen molar-refractivity contribution in [3.63, 3.8) is 0 Å². The third-order valence-corrected chi connectivity index (χ3v) is 4.70. The molecule has 0 saturated heterocycles. The Balaban J connectivity index is 1.58. The van der Waals surface area contributed by atoms with Crippen molar-refractivity contribution in [3.8, 4) is 11.5 Å². The van der Waals surface area contributed by atoms with Crippen LogP contribution in [0.5, 0.6) is 11.5 Å². The van der Waals surface area contributed by atoms with Gasteiger partial charge in [0.15, 0.2) is 0 Å². The van der Waals surface area contributed by atoms with Gasteiger partial charge >= 0.3 is 24.5 Å². The SMILES string of the molecule is O=C(CCNCCCc1ccc(OCCCc2cccc(OC(F)(F)F)c2)cc1)OC(=O)C(F)(F)F. The van der Waals surface area contributed by atoms with Crippen molar-refractivity contribution >= 4 is 11.9 Å². The molecule has 0 aliphatic rings. The maximum absolute atomic E-state index is 12.3. The monoisotopic (exact) mass is 521 g/mol. The number of rotatable bonds is 13. The largest absolute Gasteiger partial charge is 0.573 e. The number of benzene rings is 2. The number of aryl methyl sites for hydroxylation is 2. The van der Waals surface area contributed by atoms with Crippen molar-refractivity contribution in [1.82, 2.24) is 5.32 Å². The summed E-state index contributed by atoms with van der Waals surface area (Å²) >= 11 is 0. The molecular weight excluding hydrogens is 496 g/mol. The highest BCUT2D eigenvalue weighted by Crippen LogP contribution is 2.24. The van der Waals surface area contributed by atoms with Crippen molar-refractivity contribution in [3.05, 3.63) is 59.7 Å². The van der Waals surface area contributed by atoms with E-state index in [1.165, 1.54) is 18.2 Å². The van der Waals surface area contributed by atoms with Crippen molar-refractivity contribution in [1.29, 1.82) is 0 Å². The first-order valence-corrected chi connectivity index (χ1v) is 11.0. The van der Waals surface area contributed by atoms with Gasteiger partial charge in [0.05, 0.1) is 13.0 Å². The standard InChI is InChI=1S/C24H25F6NO5/c25-23(26,27)22(33)35-21(32)12-14-31-13-2-5-17-8-10-19(11-9-17)34-15-3-6-18-4-1-7-20(16-18)36-24(28,29)30/h1,4,7-11,16,31H,2-3,5-6,12-15H2. The van der Waals surface area contributed by atoms with Gasteiger partial charge in [-0.2, -0.15) is 13.2 Å². The van der Waals surface area contributed by atoms with E-state index in [0.717, 1.165) is 5.56 Å². The minimum atomic E-state index is -5.20. The molecule has 0 aliphatic heterocycles. The molecule has 12 heteroatoms. The summed E-state index contributed by atoms with van der Waals surface area (Å²) in [5.41, 5.74) is 1.73. The van der Waals surface area contributed by atoms with E-state index in [0.29, 0.717) is 50.1 Å². The van der Waals surface area contributed by atoms with E-state index in [4.69, 9.17) is 4.74 Å². The third kappa shape index (κ3) is 11.9. The van der Waals surface area contributed by atoms with Gasteiger partial charge in [0.2, 0.25) is 0 Å². The summed E-state index contributed by atoms with van der Waals surface area (Å²) in [4.78, 5) is 21.7. The molecule has 0 saturated carbocycles. The van der Waals surface area contributed by atoms with Crippen LogP contribution >= 0.6 is 0 Å². The fraction of sp³-hybridized carbons (Fsp3) is 0.417. The highest BCUT2D eigenvalue weighted by molar-refractivity contribution is 5.88. The molecule has 1 N–H and O–H groups in total. The molecule has 6 nitrogen and oxygen atoms in total. The zero-order valence-corrected chi connectivity index (χ0v) is 19.1. The number of alkyl halides is 6. The van der Waals surface area contributed by atoms with Gasteiger partial charge in [-0.3, -0.25) is 4.79 Å². The molecule has 0 radical (unpaired) electrons. The third-order valence-electron chi connectivity index (χ3n) is 4.70. The zero-order valence-electron chi connectivity index (χ0n) is 19.1. The van der Waals surface area contributed by atoms with Gasteiger partial charge in [-0.1, -0.05) is 24.3 Å². The number of hydrogen-bond donors (Lipinski definition) is 1. The van der Waals surface area contributed by atoms with Crippen LogP contribution in [0.2, 0.25) is 0 Å². The van der Waals surface area contributed by atoms with Crippen LogP contribution in [0.25, 0.3) is 0 Å². The Morgan fingerprint density at radius 1 is 0.806 bits per heavy atom. The Kier molecular flexibility index (Phi) is 11.0. The number of carbonyl (C=O) groups is 2. The van der Waals surface area contributed by atoms with Crippen molar-refractivity contribution < 1.29 is 50.1 Å². The van der Waals surface area contributed by atoms with Crippen LogP contribution in [0.3, 0.4) is 0 Å². The average molecular weight is 521 g/mol. The summed E-state index contributed by atoms with van der Waals surface area (Å²) in [5, 5.41) is 2.89. The molecule has 0 unspecified atom stereocenters. The number of nitrogens with one attached hydrogen (secondary N) is 1. The number of carbonyl (C=O) groups excluding carboxylic acids is 2. The van der Waals surface area contributed by atoms with Crippen LogP contribution in [0, 0.1) is 0 Å². The second-order valence-electron chi connectivity index (χ2n) is 7.65. The zero-order chi connectivity index (χ0) is 26.6. The quantitative estimate of drug-likeness (QED) is 0.170. The molecule has 0 atom stereocenters. The van der Waals surface area contributed by atoms with Crippen LogP contribution in [-0.4, -0.2) is 44.2 Å². The van der Waals surface area contributed by atoms with E-state index < -0.39 is 24.5 Å². The van der Waals surface area contributed by atoms with Crippen LogP contribution in [0.1, 0.15) is 30.4 Å². The van der Waals surface area contributed by atoms with E-state index in [1.54, 1.807) is 18.2 Å². The lowest BCUT2D eigenvalue weighted by Gasteiger charge is -2.10. The Bertz CT molecular complexity index is 976. The minimum absolute atomic E-state index is 0.0798. The fourth-order valence-electron chi connectivity index (χ4n) is 3.06. The molecule has 0 aromatic heterocycles. The van der Waals surface area contributed by atoms with Crippen LogP contribution in [0.15, 0.2) is 48.5 Å². The molecule has 0 fully saturated rings. The molecule has 0 spiro atoms. The first-order chi connectivity index (χ1) is 16.9. The van der Waals surface area contributed by atoms with Gasteiger partial charge in [-0.15, -0.1) is 13.2 Å². The molecule has 0 heterocycles. The predicted octanol–water partition coefficient (Wildman–Crippen LogP) is 5.14. The number of hydrogen-bond acceptors (Lipinski definition) is 6. The molecule has 36 heavy (non-hydrogen) atoms. The van der Waals surface area contributed by atoms with Gasteiger partial charge in [0.25, 0.3) is 0 Å². The van der Waals surface area contributed by atoms with Gasteiger partial charge in [0.1, 0.15) is 11.5 Å². The van der Waals surface area contributed by atoms with Crippen molar-refractivity contribution in [2.24, 2.45) is 0 Å². The first kappa shape index (κ1) is 29.0. The Hall–Kier alpha value is -3.28. The molecule has 0 aliphatic carbocycles. The lowest BCUT2D eigenvalue weighted by molar-refractivity contribution is -0.274. The number of ether oxygens (including phenoxy) is 3. The molecule has 2 rings (SSSR count). The van der Waals surface area contributed by atoms with E-state index in [-0.39, 0.29) is 18.7 Å². The first-order valence-electron chi connectivity index (χ1n) is 11.0. The fourth-order valence-corrected chi connectivity index (χ4v) is 3.06. The minimum Gasteiger partial charge on any atom is -0.494 e. The summed E-state index contributed by atoms with van der Waals surface area (Å²) in [7, 11) is 0. The Morgan fingerprint density at radius 3 is 2.17 bits per heavy atom. The molecule has 2 aromatic carbocycles. The summed E-state index contributed by atoms with van der Waals surface area (Å²) in [6.45, 7) is 0.967. The summed E-state index contributed by atoms with van der Waals surface area (Å²) in [6.07, 6.45) is -7.76. The van der Waals surface area contributed by atoms with E-state index in [9.17, 15) is 35.9 Å². The average Bonchev–Trinajstić information content (AvgIpc) is 2.78. The van der Waals surface area contributed by atoms with Crippen LogP contribution in [-0.2, 0) is 27.2 Å². The van der Waals surface area contributed by atoms with E-state index in [2.05, 4.69) is 14.8 Å². The highest BCUT2D eigenvalue weighted by Gasteiger charge is 2.42. The Morgan fingerprint density at radius 2 is 1.50 bits per heavy atom. The molecular formula is C24H25F6NO5. The second kappa shape index (κ2) is 13.7. The normalized spacial score (nSPS) is 11.7. The second-order valence-corrected chi connectivity index (χ2v) is 7.65. The molecule has 0 amide bonds. The maximum atomic E-state index is 12.3. The van der Waals surface area contributed by atoms with Gasteiger partial charge in [0, 0.05) is 6.54 Å². The van der Waals surface area contributed by atoms with Crippen molar-refractivity contribution in [2.45, 2.75) is 44.6 Å². The van der Waals surface area contributed by atoms with Crippen LogP contribution < -0.4 is 14.8 Å². The smallest absolute Gasteiger partial charge is 0.494 e. The predicted molar refractivity (Wildman–Crippen MR) is 116 cm³/mol. The van der Waals surface area contributed by atoms with E-state index in [1.807, 2.05) is 12.1 Å². The van der Waals surface area contributed by atoms with Gasteiger partial charge in [-0.25, -0.2) is 4.79 Å². The lowest BCUT2D eigenvalue weighted by Crippen LogP contribution is -2.29. The maximum Gasteiger partial charge on any atom is 0.573 e. The number of halogens is 6. The van der Waals surface area contributed by atoms with Crippen molar-refractivity contribution in [2.75, 3.05) is 19.7 Å². The molecule has 198 valence electrons. The summed E-state index contributed by atoms with van der Waals surface area (Å²) < 4.78 is 86.2. The number of esters is 2. The molecule has 0 bridgehead atoms. The van der Waals surface area contributed by atoms with E-state index >= 15 is 0 Å². The topological polar surface area (TPSA) is 73.9 Å². The highest BCUT2D eigenvalue weighted by atomic mass is 19.4. The summed E-state index contributed by atoms with van der Waals surface area (Å²) in [5.74, 6) is -3.38. The van der Waals surface area contributed by atoms with Gasteiger partial charge < -0.3 is 19.5 Å².